The van der Waals surface area contributed by atoms with Crippen molar-refractivity contribution >= 4 is 18.7 Å². The minimum Gasteiger partial charge on any atom is -0.465 e. The molecule has 0 bridgehead atoms. The summed E-state index contributed by atoms with van der Waals surface area (Å²) in [5, 5.41) is 9.13. The molecule has 1 aromatic rings. The first-order valence-electron chi connectivity index (χ1n) is 10.1. The SMILES string of the molecule is CC(C)(Cc1ccc(B2OC(C)(C)C(C)(C)O2)cc1)N1CCN(C(=O)O)CC1. The molecule has 2 aliphatic rings. The highest BCUT2D eigenvalue weighted by molar-refractivity contribution is 6.62. The van der Waals surface area contributed by atoms with Gasteiger partial charge in [0, 0.05) is 31.7 Å². The lowest BCUT2D eigenvalue weighted by molar-refractivity contribution is 0.00578. The van der Waals surface area contributed by atoms with E-state index in [1.807, 2.05) is 0 Å². The molecule has 0 radical (unpaired) electrons. The smallest absolute Gasteiger partial charge is 0.465 e. The van der Waals surface area contributed by atoms with Gasteiger partial charge in [0.2, 0.25) is 0 Å². The number of rotatable bonds is 4. The fourth-order valence-electron chi connectivity index (χ4n) is 3.89. The predicted molar refractivity (Wildman–Crippen MR) is 111 cm³/mol. The number of hydrogen-bond donors (Lipinski definition) is 1. The minimum atomic E-state index is -0.823. The summed E-state index contributed by atoms with van der Waals surface area (Å²) >= 11 is 0. The molecule has 1 N–H and O–H groups in total. The van der Waals surface area contributed by atoms with E-state index in [1.54, 1.807) is 0 Å². The van der Waals surface area contributed by atoms with Crippen molar-refractivity contribution in [2.45, 2.75) is 64.7 Å². The number of piperazine rings is 1. The summed E-state index contributed by atoms with van der Waals surface area (Å²) in [6, 6.07) is 8.48. The number of hydrogen-bond acceptors (Lipinski definition) is 4. The van der Waals surface area contributed by atoms with E-state index in [2.05, 4.69) is 70.7 Å². The Labute approximate surface area is 168 Å². The molecule has 28 heavy (non-hydrogen) atoms. The monoisotopic (exact) mass is 388 g/mol. The van der Waals surface area contributed by atoms with Crippen LogP contribution in [0.5, 0.6) is 0 Å². The highest BCUT2D eigenvalue weighted by Gasteiger charge is 2.51. The lowest BCUT2D eigenvalue weighted by Crippen LogP contribution is -2.56. The van der Waals surface area contributed by atoms with Gasteiger partial charge in [-0.3, -0.25) is 4.90 Å². The van der Waals surface area contributed by atoms with Crippen LogP contribution in [0.3, 0.4) is 0 Å². The quantitative estimate of drug-likeness (QED) is 0.804. The van der Waals surface area contributed by atoms with Gasteiger partial charge in [0.1, 0.15) is 0 Å². The van der Waals surface area contributed by atoms with Crippen LogP contribution in [0.15, 0.2) is 24.3 Å². The molecule has 0 saturated carbocycles. The molecule has 0 aliphatic carbocycles. The van der Waals surface area contributed by atoms with Crippen LogP contribution in [0.1, 0.15) is 47.1 Å². The van der Waals surface area contributed by atoms with Crippen molar-refractivity contribution in [2.24, 2.45) is 0 Å². The lowest BCUT2D eigenvalue weighted by Gasteiger charge is -2.43. The first-order valence-corrected chi connectivity index (χ1v) is 10.1. The third-order valence-corrected chi connectivity index (χ3v) is 6.55. The van der Waals surface area contributed by atoms with Gasteiger partial charge in [-0.2, -0.15) is 0 Å². The Morgan fingerprint density at radius 1 is 1.04 bits per heavy atom. The van der Waals surface area contributed by atoms with Crippen LogP contribution in [0.2, 0.25) is 0 Å². The summed E-state index contributed by atoms with van der Waals surface area (Å²) in [7, 11) is -0.337. The maximum atomic E-state index is 11.1. The van der Waals surface area contributed by atoms with Crippen molar-refractivity contribution in [3.8, 4) is 0 Å². The average molecular weight is 388 g/mol. The topological polar surface area (TPSA) is 62.2 Å². The standard InChI is InChI=1S/C21H33BN2O4/c1-19(2,24-13-11-23(12-14-24)18(25)26)15-16-7-9-17(10-8-16)22-27-20(3,4)21(5,6)28-22/h7-10H,11-15H2,1-6H3,(H,25,26). The van der Waals surface area contributed by atoms with Crippen LogP contribution >= 0.6 is 0 Å². The molecule has 6 nitrogen and oxygen atoms in total. The number of nitrogens with zero attached hydrogens (tertiary/aromatic N) is 2. The fraction of sp³-hybridized carbons (Fsp3) is 0.667. The average Bonchev–Trinajstić information content (AvgIpc) is 2.83. The predicted octanol–water partition coefficient (Wildman–Crippen LogP) is 2.60. The van der Waals surface area contributed by atoms with E-state index in [0.29, 0.717) is 13.1 Å². The molecule has 1 aromatic carbocycles. The van der Waals surface area contributed by atoms with Crippen LogP contribution in [-0.4, -0.2) is 71.0 Å². The van der Waals surface area contributed by atoms with E-state index < -0.39 is 6.09 Å². The number of carboxylic acid groups (broad SMARTS) is 1. The number of carbonyl (C=O) groups is 1. The summed E-state index contributed by atoms with van der Waals surface area (Å²) in [5.41, 5.74) is 1.59. The molecule has 0 atom stereocenters. The van der Waals surface area contributed by atoms with E-state index in [1.165, 1.54) is 10.5 Å². The Hall–Kier alpha value is -1.57. The second-order valence-corrected chi connectivity index (χ2v) is 9.58. The van der Waals surface area contributed by atoms with E-state index in [9.17, 15) is 4.79 Å². The van der Waals surface area contributed by atoms with E-state index >= 15 is 0 Å². The Kier molecular flexibility index (Phi) is 5.56. The van der Waals surface area contributed by atoms with Gasteiger partial charge in [0.25, 0.3) is 0 Å². The zero-order chi connectivity index (χ0) is 20.7. The normalized spacial score (nSPS) is 22.5. The number of benzene rings is 1. The van der Waals surface area contributed by atoms with Crippen molar-refractivity contribution in [2.75, 3.05) is 26.2 Å². The molecule has 154 valence electrons. The zero-order valence-electron chi connectivity index (χ0n) is 18.0. The molecular weight excluding hydrogens is 355 g/mol. The van der Waals surface area contributed by atoms with Gasteiger partial charge < -0.3 is 19.3 Å². The lowest BCUT2D eigenvalue weighted by atomic mass is 9.78. The second kappa shape index (κ2) is 7.36. The van der Waals surface area contributed by atoms with Gasteiger partial charge >= 0.3 is 13.2 Å². The van der Waals surface area contributed by atoms with Gasteiger partial charge in [-0.05, 0) is 59.0 Å². The van der Waals surface area contributed by atoms with E-state index in [-0.39, 0.29) is 23.9 Å². The Morgan fingerprint density at radius 3 is 2.00 bits per heavy atom. The van der Waals surface area contributed by atoms with Crippen molar-refractivity contribution in [1.82, 2.24) is 9.80 Å². The van der Waals surface area contributed by atoms with Crippen molar-refractivity contribution in [1.29, 1.82) is 0 Å². The molecule has 0 spiro atoms. The van der Waals surface area contributed by atoms with E-state index in [4.69, 9.17) is 14.4 Å². The molecule has 1 amide bonds. The molecular formula is C21H33BN2O4. The summed E-state index contributed by atoms with van der Waals surface area (Å²) in [6.45, 7) is 15.4. The molecule has 0 aromatic heterocycles. The fourth-order valence-corrected chi connectivity index (χ4v) is 3.89. The molecule has 7 heteroatoms. The van der Waals surface area contributed by atoms with E-state index in [0.717, 1.165) is 25.0 Å². The van der Waals surface area contributed by atoms with Crippen molar-refractivity contribution in [3.63, 3.8) is 0 Å². The highest BCUT2D eigenvalue weighted by Crippen LogP contribution is 2.36. The summed E-state index contributed by atoms with van der Waals surface area (Å²) in [5.74, 6) is 0. The molecule has 2 aliphatic heterocycles. The van der Waals surface area contributed by atoms with Crippen molar-refractivity contribution in [3.05, 3.63) is 29.8 Å². The maximum Gasteiger partial charge on any atom is 0.494 e. The molecule has 3 rings (SSSR count). The molecule has 2 saturated heterocycles. The maximum absolute atomic E-state index is 11.1. The molecule has 2 heterocycles. The van der Waals surface area contributed by atoms with Crippen LogP contribution in [0, 0.1) is 0 Å². The molecule has 2 fully saturated rings. The Morgan fingerprint density at radius 2 is 1.54 bits per heavy atom. The van der Waals surface area contributed by atoms with Crippen LogP contribution in [-0.2, 0) is 15.7 Å². The van der Waals surface area contributed by atoms with Gasteiger partial charge in [-0.1, -0.05) is 24.3 Å². The summed E-state index contributed by atoms with van der Waals surface area (Å²) in [4.78, 5) is 15.0. The Balaban J connectivity index is 1.62. The zero-order valence-corrected chi connectivity index (χ0v) is 18.0. The minimum absolute atomic E-state index is 0.0313. The Bertz CT molecular complexity index is 694. The van der Waals surface area contributed by atoms with Gasteiger partial charge in [0.15, 0.2) is 0 Å². The number of amides is 1. The summed E-state index contributed by atoms with van der Waals surface area (Å²) in [6.07, 6.45) is 0.0831. The first-order chi connectivity index (χ1) is 12.9. The molecule has 0 unspecified atom stereocenters. The van der Waals surface area contributed by atoms with Crippen LogP contribution < -0.4 is 5.46 Å². The first kappa shape index (κ1) is 21.2. The van der Waals surface area contributed by atoms with Crippen molar-refractivity contribution < 1.29 is 19.2 Å². The third-order valence-electron chi connectivity index (χ3n) is 6.55. The van der Waals surface area contributed by atoms with Gasteiger partial charge in [0.05, 0.1) is 11.2 Å². The largest absolute Gasteiger partial charge is 0.494 e. The van der Waals surface area contributed by atoms with Gasteiger partial charge in [-0.15, -0.1) is 0 Å². The highest BCUT2D eigenvalue weighted by atomic mass is 16.7. The van der Waals surface area contributed by atoms with Gasteiger partial charge in [-0.25, -0.2) is 4.79 Å². The van der Waals surface area contributed by atoms with Crippen LogP contribution in [0.25, 0.3) is 0 Å². The second-order valence-electron chi connectivity index (χ2n) is 9.58. The van der Waals surface area contributed by atoms with Crippen LogP contribution in [0.4, 0.5) is 4.79 Å². The summed E-state index contributed by atoms with van der Waals surface area (Å²) < 4.78 is 12.3. The third kappa shape index (κ3) is 4.21.